The lowest BCUT2D eigenvalue weighted by Crippen LogP contribution is -2.10. The maximum atomic E-state index is 12.5. The summed E-state index contributed by atoms with van der Waals surface area (Å²) in [7, 11) is 0. The number of allylic oxidation sites excluding steroid dienone is 1. The molecular weight excluding hydrogens is 384 g/mol. The van der Waals surface area contributed by atoms with Gasteiger partial charge in [0.25, 0.3) is 0 Å². The molecule has 1 aromatic heterocycles. The van der Waals surface area contributed by atoms with Gasteiger partial charge in [0.2, 0.25) is 5.78 Å². The molecule has 0 radical (unpaired) electrons. The van der Waals surface area contributed by atoms with E-state index < -0.39 is 0 Å². The van der Waals surface area contributed by atoms with Crippen LogP contribution in [0.1, 0.15) is 20.8 Å². The summed E-state index contributed by atoms with van der Waals surface area (Å²) < 4.78 is 11.0. The summed E-state index contributed by atoms with van der Waals surface area (Å²) in [6, 6.07) is 15.6. The molecule has 0 bridgehead atoms. The lowest BCUT2D eigenvalue weighted by molar-refractivity contribution is -0.133. The summed E-state index contributed by atoms with van der Waals surface area (Å²) in [5.74, 6) is 0.363. The van der Waals surface area contributed by atoms with Crippen molar-refractivity contribution in [3.63, 3.8) is 0 Å². The van der Waals surface area contributed by atoms with Crippen LogP contribution in [0.25, 0.3) is 6.08 Å². The molecule has 4 nitrogen and oxygen atoms in total. The minimum atomic E-state index is -0.362. The number of fused-ring (bicyclic) bond motifs is 1. The van der Waals surface area contributed by atoms with E-state index in [4.69, 9.17) is 21.1 Å². The van der Waals surface area contributed by atoms with E-state index >= 15 is 0 Å². The van der Waals surface area contributed by atoms with Crippen molar-refractivity contribution in [1.29, 1.82) is 0 Å². The Labute approximate surface area is 164 Å². The number of esters is 1. The second-order valence-electron chi connectivity index (χ2n) is 5.88. The highest BCUT2D eigenvalue weighted by molar-refractivity contribution is 7.10. The molecule has 0 amide bonds. The monoisotopic (exact) mass is 396 g/mol. The molecule has 6 heteroatoms. The van der Waals surface area contributed by atoms with Crippen LogP contribution in [0.2, 0.25) is 5.02 Å². The molecule has 0 spiro atoms. The second kappa shape index (κ2) is 7.39. The van der Waals surface area contributed by atoms with E-state index in [0.717, 1.165) is 10.4 Å². The summed E-state index contributed by atoms with van der Waals surface area (Å²) in [4.78, 5) is 25.5. The number of hydrogen-bond acceptors (Lipinski definition) is 5. The van der Waals surface area contributed by atoms with Crippen molar-refractivity contribution in [2.75, 3.05) is 0 Å². The molecule has 2 aromatic carbocycles. The van der Waals surface area contributed by atoms with Gasteiger partial charge in [-0.3, -0.25) is 9.59 Å². The third-order valence-electron chi connectivity index (χ3n) is 3.94. The Balaban J connectivity index is 1.50. The van der Waals surface area contributed by atoms with Gasteiger partial charge in [-0.15, -0.1) is 11.3 Å². The van der Waals surface area contributed by atoms with Gasteiger partial charge in [0.15, 0.2) is 5.76 Å². The van der Waals surface area contributed by atoms with Gasteiger partial charge in [-0.1, -0.05) is 29.8 Å². The summed E-state index contributed by atoms with van der Waals surface area (Å²) in [5, 5.41) is 2.53. The summed E-state index contributed by atoms with van der Waals surface area (Å²) in [6.07, 6.45) is 1.86. The summed E-state index contributed by atoms with van der Waals surface area (Å²) >= 11 is 7.37. The number of Topliss-reactive ketones (excluding diaryl/α,β-unsaturated/α-hetero) is 1. The Bertz CT molecular complexity index is 1040. The molecule has 27 heavy (non-hydrogen) atoms. The zero-order valence-electron chi connectivity index (χ0n) is 14.0. The number of carbonyl (C=O) groups is 2. The van der Waals surface area contributed by atoms with E-state index in [1.54, 1.807) is 48.5 Å². The quantitative estimate of drug-likeness (QED) is 0.347. The number of benzene rings is 2. The first-order valence-electron chi connectivity index (χ1n) is 8.15. The Morgan fingerprint density at radius 2 is 1.96 bits per heavy atom. The fraction of sp³-hybridized carbons (Fsp3) is 0.0476. The van der Waals surface area contributed by atoms with Crippen molar-refractivity contribution < 1.29 is 19.1 Å². The Morgan fingerprint density at radius 3 is 2.70 bits per heavy atom. The van der Waals surface area contributed by atoms with Crippen molar-refractivity contribution in [2.45, 2.75) is 6.42 Å². The first kappa shape index (κ1) is 17.5. The van der Waals surface area contributed by atoms with Crippen LogP contribution < -0.4 is 9.47 Å². The van der Waals surface area contributed by atoms with Crippen LogP contribution in [-0.2, 0) is 11.2 Å². The molecule has 0 atom stereocenters. The van der Waals surface area contributed by atoms with Crippen LogP contribution in [0.5, 0.6) is 11.5 Å². The van der Waals surface area contributed by atoms with Gasteiger partial charge in [0.1, 0.15) is 11.5 Å². The van der Waals surface area contributed by atoms with Crippen molar-refractivity contribution in [3.05, 3.63) is 86.8 Å². The Kier molecular flexibility index (Phi) is 4.79. The van der Waals surface area contributed by atoms with Crippen LogP contribution in [0.4, 0.5) is 0 Å². The fourth-order valence-corrected chi connectivity index (χ4v) is 3.48. The Hall–Kier alpha value is -2.89. The Morgan fingerprint density at radius 1 is 1.15 bits per heavy atom. The second-order valence-corrected chi connectivity index (χ2v) is 7.35. The average molecular weight is 397 g/mol. The first-order chi connectivity index (χ1) is 13.1. The minimum Gasteiger partial charge on any atom is -0.452 e. The van der Waals surface area contributed by atoms with Crippen LogP contribution in [0.3, 0.4) is 0 Å². The van der Waals surface area contributed by atoms with Gasteiger partial charge < -0.3 is 9.47 Å². The smallest absolute Gasteiger partial charge is 0.316 e. The number of rotatable bonds is 4. The van der Waals surface area contributed by atoms with E-state index in [-0.39, 0.29) is 23.9 Å². The predicted molar refractivity (Wildman–Crippen MR) is 104 cm³/mol. The van der Waals surface area contributed by atoms with Crippen LogP contribution in [0, 0.1) is 0 Å². The minimum absolute atomic E-state index is 0.205. The fourth-order valence-electron chi connectivity index (χ4n) is 2.66. The van der Waals surface area contributed by atoms with Gasteiger partial charge in [-0.2, -0.15) is 0 Å². The first-order valence-corrected chi connectivity index (χ1v) is 9.41. The zero-order chi connectivity index (χ0) is 18.8. The molecule has 1 aliphatic rings. The van der Waals surface area contributed by atoms with Gasteiger partial charge in [-0.25, -0.2) is 0 Å². The number of ether oxygens (including phenoxy) is 2. The molecule has 3 aromatic rings. The zero-order valence-corrected chi connectivity index (χ0v) is 15.5. The normalized spacial score (nSPS) is 14.1. The SMILES string of the molecule is O=C(Cc1cccs1)Oc1ccc2c(c1)O/C(=C\c1ccc(Cl)cc1)C2=O. The van der Waals surface area contributed by atoms with E-state index in [9.17, 15) is 9.59 Å². The number of hydrogen-bond donors (Lipinski definition) is 0. The molecule has 0 fully saturated rings. The molecule has 2 heterocycles. The molecule has 0 aliphatic carbocycles. The van der Waals surface area contributed by atoms with Crippen molar-refractivity contribution in [1.82, 2.24) is 0 Å². The standard InChI is InChI=1S/C21H13ClO4S/c22-14-5-3-13(4-6-14)10-19-21(24)17-8-7-15(11-18(17)26-19)25-20(23)12-16-2-1-9-27-16/h1-11H,12H2/b19-10-. The van der Waals surface area contributed by atoms with E-state index in [2.05, 4.69) is 0 Å². The summed E-state index contributed by atoms with van der Waals surface area (Å²) in [5.41, 5.74) is 1.24. The molecule has 134 valence electrons. The largest absolute Gasteiger partial charge is 0.452 e. The van der Waals surface area contributed by atoms with E-state index in [0.29, 0.717) is 22.1 Å². The number of thiophene rings is 1. The molecule has 0 saturated carbocycles. The van der Waals surface area contributed by atoms with Crippen LogP contribution in [0.15, 0.2) is 65.7 Å². The number of halogens is 1. The molecular formula is C21H13ClO4S. The topological polar surface area (TPSA) is 52.6 Å². The van der Waals surface area contributed by atoms with Gasteiger partial charge >= 0.3 is 5.97 Å². The lowest BCUT2D eigenvalue weighted by Gasteiger charge is -2.05. The maximum absolute atomic E-state index is 12.5. The third kappa shape index (κ3) is 3.94. The van der Waals surface area contributed by atoms with E-state index in [1.807, 2.05) is 17.5 Å². The highest BCUT2D eigenvalue weighted by Gasteiger charge is 2.28. The van der Waals surface area contributed by atoms with Crippen LogP contribution in [-0.4, -0.2) is 11.8 Å². The van der Waals surface area contributed by atoms with Crippen molar-refractivity contribution in [3.8, 4) is 11.5 Å². The highest BCUT2D eigenvalue weighted by atomic mass is 35.5. The average Bonchev–Trinajstić information content (AvgIpc) is 3.25. The van der Waals surface area contributed by atoms with Crippen LogP contribution >= 0.6 is 22.9 Å². The van der Waals surface area contributed by atoms with Gasteiger partial charge in [0, 0.05) is 16.0 Å². The maximum Gasteiger partial charge on any atom is 0.316 e. The number of carbonyl (C=O) groups excluding carboxylic acids is 2. The molecule has 4 rings (SSSR count). The lowest BCUT2D eigenvalue weighted by atomic mass is 10.1. The molecule has 0 N–H and O–H groups in total. The number of ketones is 1. The molecule has 0 unspecified atom stereocenters. The highest BCUT2D eigenvalue weighted by Crippen LogP contribution is 2.35. The van der Waals surface area contributed by atoms with E-state index in [1.165, 1.54) is 11.3 Å². The predicted octanol–water partition coefficient (Wildman–Crippen LogP) is 5.17. The van der Waals surface area contributed by atoms with Crippen molar-refractivity contribution in [2.24, 2.45) is 0 Å². The van der Waals surface area contributed by atoms with Gasteiger partial charge in [-0.05, 0) is 47.4 Å². The van der Waals surface area contributed by atoms with Crippen molar-refractivity contribution >= 4 is 40.8 Å². The summed E-state index contributed by atoms with van der Waals surface area (Å²) in [6.45, 7) is 0. The van der Waals surface area contributed by atoms with Gasteiger partial charge in [0.05, 0.1) is 12.0 Å². The molecule has 1 aliphatic heterocycles. The third-order valence-corrected chi connectivity index (χ3v) is 5.07. The molecule has 0 saturated heterocycles.